The Hall–Kier alpha value is -3.81. The van der Waals surface area contributed by atoms with Crippen molar-refractivity contribution in [3.05, 3.63) is 78.1 Å². The van der Waals surface area contributed by atoms with E-state index in [1.165, 1.54) is 18.3 Å². The Bertz CT molecular complexity index is 1000. The van der Waals surface area contributed by atoms with Crippen LogP contribution in [0.1, 0.15) is 24.1 Å². The van der Waals surface area contributed by atoms with Crippen LogP contribution in [0.15, 0.2) is 66.2 Å². The molecule has 7 nitrogen and oxygen atoms in total. The van der Waals surface area contributed by atoms with Gasteiger partial charge in [-0.1, -0.05) is 12.1 Å². The van der Waals surface area contributed by atoms with Crippen LogP contribution < -0.4 is 16.4 Å². The molecule has 0 fully saturated rings. The number of hydrogen-bond donors (Lipinski definition) is 3. The summed E-state index contributed by atoms with van der Waals surface area (Å²) in [6.07, 6.45) is 7.96. The molecule has 29 heavy (non-hydrogen) atoms. The number of aliphatic imine (C=N–C) groups is 1. The van der Waals surface area contributed by atoms with Crippen molar-refractivity contribution in [3.63, 3.8) is 0 Å². The second kappa shape index (κ2) is 9.41. The number of hydrogen-bond acceptors (Lipinski definition) is 7. The van der Waals surface area contributed by atoms with E-state index in [4.69, 9.17) is 5.73 Å². The molecule has 0 amide bonds. The van der Waals surface area contributed by atoms with E-state index in [9.17, 15) is 4.39 Å². The minimum absolute atomic E-state index is 0.0899. The lowest BCUT2D eigenvalue weighted by Gasteiger charge is -2.17. The van der Waals surface area contributed by atoms with Gasteiger partial charge in [-0.25, -0.2) is 14.4 Å². The van der Waals surface area contributed by atoms with Gasteiger partial charge in [0.15, 0.2) is 0 Å². The van der Waals surface area contributed by atoms with E-state index in [0.29, 0.717) is 17.5 Å². The highest BCUT2D eigenvalue weighted by atomic mass is 19.1. The molecule has 2 aromatic heterocycles. The van der Waals surface area contributed by atoms with Crippen LogP contribution >= 0.6 is 0 Å². The van der Waals surface area contributed by atoms with Gasteiger partial charge in [-0.3, -0.25) is 9.98 Å². The van der Waals surface area contributed by atoms with Crippen molar-refractivity contribution >= 4 is 29.2 Å². The van der Waals surface area contributed by atoms with Gasteiger partial charge in [0.2, 0.25) is 0 Å². The molecule has 0 spiro atoms. The molecule has 1 unspecified atom stereocenters. The van der Waals surface area contributed by atoms with Gasteiger partial charge >= 0.3 is 0 Å². The van der Waals surface area contributed by atoms with E-state index in [0.717, 1.165) is 16.7 Å². The zero-order chi connectivity index (χ0) is 20.6. The average Bonchev–Trinajstić information content (AvgIpc) is 2.73. The number of rotatable bonds is 7. The van der Waals surface area contributed by atoms with E-state index >= 15 is 0 Å². The molecular weight excluding hydrogens is 369 g/mol. The zero-order valence-corrected chi connectivity index (χ0v) is 16.2. The molecular formula is C21H22FN7. The maximum Gasteiger partial charge on any atom is 0.150 e. The number of pyridine rings is 1. The number of allylic oxidation sites excluding steroid dienone is 1. The van der Waals surface area contributed by atoms with Crippen LogP contribution in [-0.2, 0) is 0 Å². The van der Waals surface area contributed by atoms with Gasteiger partial charge in [-0.2, -0.15) is 0 Å². The van der Waals surface area contributed by atoms with E-state index in [1.807, 2.05) is 19.1 Å². The predicted octanol–water partition coefficient (Wildman–Crippen LogP) is 3.93. The van der Waals surface area contributed by atoms with Crippen molar-refractivity contribution in [1.29, 1.82) is 0 Å². The number of aromatic nitrogens is 3. The van der Waals surface area contributed by atoms with Crippen molar-refractivity contribution in [1.82, 2.24) is 15.0 Å². The summed E-state index contributed by atoms with van der Waals surface area (Å²) in [6, 6.07) is 9.99. The summed E-state index contributed by atoms with van der Waals surface area (Å²) in [7, 11) is 1.68. The molecule has 4 N–H and O–H groups in total. The minimum Gasteiger partial charge on any atom is -0.404 e. The molecule has 0 saturated heterocycles. The third-order valence-electron chi connectivity index (χ3n) is 4.16. The summed E-state index contributed by atoms with van der Waals surface area (Å²) in [5.41, 5.74) is 8.29. The van der Waals surface area contributed by atoms with Crippen LogP contribution in [0.25, 0.3) is 5.57 Å². The van der Waals surface area contributed by atoms with Crippen molar-refractivity contribution in [3.8, 4) is 0 Å². The number of anilines is 3. The van der Waals surface area contributed by atoms with Gasteiger partial charge in [0.25, 0.3) is 0 Å². The number of nitrogens with zero attached hydrogens (tertiary/aromatic N) is 4. The molecule has 1 aromatic carbocycles. The molecule has 0 aliphatic heterocycles. The van der Waals surface area contributed by atoms with Crippen LogP contribution in [0.4, 0.5) is 21.8 Å². The second-order valence-corrected chi connectivity index (χ2v) is 6.27. The zero-order valence-electron chi connectivity index (χ0n) is 16.2. The first-order valence-electron chi connectivity index (χ1n) is 9.00. The maximum absolute atomic E-state index is 13.2. The van der Waals surface area contributed by atoms with Gasteiger partial charge in [-0.15, -0.1) is 0 Å². The quantitative estimate of drug-likeness (QED) is 0.528. The van der Waals surface area contributed by atoms with Gasteiger partial charge in [0.05, 0.1) is 6.20 Å². The van der Waals surface area contributed by atoms with Crippen LogP contribution in [0.2, 0.25) is 0 Å². The lowest BCUT2D eigenvalue weighted by atomic mass is 10.1. The summed E-state index contributed by atoms with van der Waals surface area (Å²) >= 11 is 0. The van der Waals surface area contributed by atoms with E-state index in [1.54, 1.807) is 44.0 Å². The number of benzene rings is 1. The third-order valence-corrected chi connectivity index (χ3v) is 4.16. The van der Waals surface area contributed by atoms with Crippen molar-refractivity contribution < 1.29 is 4.39 Å². The monoisotopic (exact) mass is 391 g/mol. The van der Waals surface area contributed by atoms with Gasteiger partial charge in [-0.05, 0) is 42.3 Å². The van der Waals surface area contributed by atoms with E-state index < -0.39 is 0 Å². The second-order valence-electron chi connectivity index (χ2n) is 6.27. The Morgan fingerprint density at radius 3 is 2.55 bits per heavy atom. The number of nitrogens with two attached hydrogens (primary N) is 1. The first kappa shape index (κ1) is 19.9. The minimum atomic E-state index is -0.270. The lowest BCUT2D eigenvalue weighted by Crippen LogP contribution is -2.10. The van der Waals surface area contributed by atoms with Crippen LogP contribution in [-0.4, -0.2) is 28.2 Å². The molecule has 148 valence electrons. The fraction of sp³-hybridized carbons (Fsp3) is 0.143. The standard InChI is InChI=1S/C21H22FN7/c1-14(15-3-5-18(22)6-4-15)27-19-9-16(17(11-23)12-24-2)10-20(28-19)29-21-13-25-7-8-26-21/h3-14H,23H2,1-2H3,(H2,26,27,28,29). The fourth-order valence-electron chi connectivity index (χ4n) is 2.74. The highest BCUT2D eigenvalue weighted by molar-refractivity contribution is 6.10. The Morgan fingerprint density at radius 2 is 1.90 bits per heavy atom. The molecule has 3 rings (SSSR count). The Kier molecular flexibility index (Phi) is 6.47. The van der Waals surface area contributed by atoms with E-state index in [2.05, 4.69) is 30.6 Å². The number of halogens is 1. The first-order valence-corrected chi connectivity index (χ1v) is 9.00. The average molecular weight is 391 g/mol. The molecule has 0 bridgehead atoms. The van der Waals surface area contributed by atoms with Crippen LogP contribution in [0.5, 0.6) is 0 Å². The first-order chi connectivity index (χ1) is 14.1. The molecule has 2 heterocycles. The van der Waals surface area contributed by atoms with Gasteiger partial charge < -0.3 is 16.4 Å². The summed E-state index contributed by atoms with van der Waals surface area (Å²) < 4.78 is 13.2. The Morgan fingerprint density at radius 1 is 1.14 bits per heavy atom. The lowest BCUT2D eigenvalue weighted by molar-refractivity contribution is 0.626. The summed E-state index contributed by atoms with van der Waals surface area (Å²) in [5, 5.41) is 6.48. The highest BCUT2D eigenvalue weighted by Gasteiger charge is 2.11. The predicted molar refractivity (Wildman–Crippen MR) is 115 cm³/mol. The van der Waals surface area contributed by atoms with Crippen molar-refractivity contribution in [2.45, 2.75) is 13.0 Å². The van der Waals surface area contributed by atoms with E-state index in [-0.39, 0.29) is 11.9 Å². The van der Waals surface area contributed by atoms with Gasteiger partial charge in [0.1, 0.15) is 23.3 Å². The van der Waals surface area contributed by atoms with Gasteiger partial charge in [0, 0.05) is 43.5 Å². The summed E-state index contributed by atoms with van der Waals surface area (Å²) in [5.74, 6) is 1.49. The van der Waals surface area contributed by atoms with Crippen molar-refractivity contribution in [2.24, 2.45) is 10.7 Å². The molecule has 8 heteroatoms. The molecule has 0 radical (unpaired) electrons. The third kappa shape index (κ3) is 5.35. The normalized spacial score (nSPS) is 12.7. The summed E-state index contributed by atoms with van der Waals surface area (Å²) in [6.45, 7) is 1.98. The van der Waals surface area contributed by atoms with Crippen molar-refractivity contribution in [2.75, 3.05) is 17.7 Å². The Balaban J connectivity index is 1.93. The smallest absolute Gasteiger partial charge is 0.150 e. The van der Waals surface area contributed by atoms with Crippen LogP contribution in [0, 0.1) is 5.82 Å². The molecule has 1 atom stereocenters. The Labute approximate surface area is 168 Å². The number of nitrogens with one attached hydrogen (secondary N) is 2. The largest absolute Gasteiger partial charge is 0.404 e. The molecule has 0 aliphatic carbocycles. The maximum atomic E-state index is 13.2. The SMILES string of the molecule is CN=CC(=CN)c1cc(Nc2cnccn2)nc(NC(C)c2ccc(F)cc2)c1. The molecule has 0 saturated carbocycles. The molecule has 0 aliphatic rings. The molecule has 3 aromatic rings. The fourth-order valence-corrected chi connectivity index (χ4v) is 2.74. The topological polar surface area (TPSA) is 101 Å². The summed E-state index contributed by atoms with van der Waals surface area (Å²) in [4.78, 5) is 16.9. The highest BCUT2D eigenvalue weighted by Crippen LogP contribution is 2.25. The van der Waals surface area contributed by atoms with Crippen LogP contribution in [0.3, 0.4) is 0 Å².